The number of nitrogens with zero attached hydrogens (tertiary/aromatic N) is 2. The minimum atomic E-state index is -0.768. The summed E-state index contributed by atoms with van der Waals surface area (Å²) in [5.74, 6) is 0.263. The molecule has 0 radical (unpaired) electrons. The summed E-state index contributed by atoms with van der Waals surface area (Å²) in [6, 6.07) is 16.4. The Morgan fingerprint density at radius 2 is 1.74 bits per heavy atom. The van der Waals surface area contributed by atoms with Crippen LogP contribution in [0.5, 0.6) is 0 Å². The van der Waals surface area contributed by atoms with Gasteiger partial charge in [0, 0.05) is 49.9 Å². The smallest absolute Gasteiger partial charge is 0.255 e. The van der Waals surface area contributed by atoms with E-state index in [0.717, 1.165) is 67.9 Å². The fourth-order valence-corrected chi connectivity index (χ4v) is 6.44. The van der Waals surface area contributed by atoms with Gasteiger partial charge in [-0.1, -0.05) is 30.3 Å². The Kier molecular flexibility index (Phi) is 9.24. The number of aromatic nitrogens is 1. The predicted octanol–water partition coefficient (Wildman–Crippen LogP) is 4.63. The Morgan fingerprint density at radius 1 is 1.08 bits per heavy atom. The molecule has 1 unspecified atom stereocenters. The lowest BCUT2D eigenvalue weighted by Gasteiger charge is -2.34. The largest absolute Gasteiger partial charge is 0.365 e. The molecule has 2 aliphatic heterocycles. The molecular formula is C30H34F2N4O2S. The second-order valence-corrected chi connectivity index (χ2v) is 11.3. The third-order valence-electron chi connectivity index (χ3n) is 7.33. The van der Waals surface area contributed by atoms with Gasteiger partial charge in [-0.2, -0.15) is 0 Å². The van der Waals surface area contributed by atoms with Gasteiger partial charge < -0.3 is 15.0 Å². The molecule has 9 heteroatoms. The number of thioether (sulfide) groups is 1. The number of hydrogen-bond donors (Lipinski definition) is 2. The summed E-state index contributed by atoms with van der Waals surface area (Å²) in [4.78, 5) is 19.0. The fourth-order valence-electron chi connectivity index (χ4n) is 5.23. The molecular weight excluding hydrogens is 518 g/mol. The zero-order chi connectivity index (χ0) is 27.1. The van der Waals surface area contributed by atoms with Crippen LogP contribution in [-0.4, -0.2) is 60.4 Å². The summed E-state index contributed by atoms with van der Waals surface area (Å²) in [6.45, 7) is 4.08. The Bertz CT molecular complexity index is 1150. The number of ether oxygens (including phenoxy) is 1. The lowest BCUT2D eigenvalue weighted by Crippen LogP contribution is -2.49. The molecule has 2 aliphatic rings. The highest BCUT2D eigenvalue weighted by molar-refractivity contribution is 8.01. The number of carbonyl (C=O) groups is 1. The van der Waals surface area contributed by atoms with E-state index in [1.807, 2.05) is 12.1 Å². The molecule has 0 spiro atoms. The Labute approximate surface area is 232 Å². The first-order chi connectivity index (χ1) is 19.0. The van der Waals surface area contributed by atoms with Crippen molar-refractivity contribution in [2.24, 2.45) is 0 Å². The van der Waals surface area contributed by atoms with E-state index in [9.17, 15) is 13.6 Å². The molecule has 206 valence electrons. The number of amides is 1. The van der Waals surface area contributed by atoms with Crippen LogP contribution >= 0.6 is 11.8 Å². The summed E-state index contributed by atoms with van der Waals surface area (Å²) in [6.07, 6.45) is 5.74. The standard InChI is InChI=1S/C30H34F2N4O2S/c31-25-8-4-22(5-9-25)28(23-6-10-26(32)11-7-23)38-27-12-18-36(19-13-27)17-2-15-34-29(37)30(35-16-20-39-30)24-3-1-14-33-21-24/h1,3-11,14,21,27-28,35H,2,12-13,15-20H2,(H,34,37). The van der Waals surface area contributed by atoms with Crippen molar-refractivity contribution in [1.29, 1.82) is 0 Å². The molecule has 39 heavy (non-hydrogen) atoms. The third-order valence-corrected chi connectivity index (χ3v) is 8.73. The number of hydrogen-bond acceptors (Lipinski definition) is 6. The van der Waals surface area contributed by atoms with Crippen LogP contribution in [0.2, 0.25) is 0 Å². The molecule has 0 bridgehead atoms. The molecule has 0 aliphatic carbocycles. The van der Waals surface area contributed by atoms with Gasteiger partial charge in [0.25, 0.3) is 5.91 Å². The SMILES string of the molecule is O=C(NCCCN1CCC(OC(c2ccc(F)cc2)c2ccc(F)cc2)CC1)C1(c2cccnc2)NCCS1. The van der Waals surface area contributed by atoms with Gasteiger partial charge in [-0.3, -0.25) is 15.1 Å². The van der Waals surface area contributed by atoms with Crippen molar-refractivity contribution in [2.45, 2.75) is 36.3 Å². The van der Waals surface area contributed by atoms with E-state index in [4.69, 9.17) is 4.74 Å². The minimum absolute atomic E-state index is 0.0160. The Balaban J connectivity index is 1.09. The van der Waals surface area contributed by atoms with E-state index in [0.29, 0.717) is 6.54 Å². The molecule has 5 rings (SSSR count). The van der Waals surface area contributed by atoms with Gasteiger partial charge in [0.15, 0.2) is 4.87 Å². The molecule has 3 aromatic rings. The van der Waals surface area contributed by atoms with Crippen LogP contribution in [0.15, 0.2) is 73.1 Å². The maximum absolute atomic E-state index is 13.5. The lowest BCUT2D eigenvalue weighted by atomic mass is 10.00. The van der Waals surface area contributed by atoms with Crippen LogP contribution in [0.25, 0.3) is 0 Å². The number of nitrogens with one attached hydrogen (secondary N) is 2. The average Bonchev–Trinajstić information content (AvgIpc) is 3.48. The van der Waals surface area contributed by atoms with Gasteiger partial charge in [-0.05, 0) is 67.3 Å². The van der Waals surface area contributed by atoms with Gasteiger partial charge in [0.1, 0.15) is 17.7 Å². The summed E-state index contributed by atoms with van der Waals surface area (Å²) in [5.41, 5.74) is 2.58. The Morgan fingerprint density at radius 3 is 2.31 bits per heavy atom. The normalized spacial score (nSPS) is 20.4. The number of halogens is 2. The van der Waals surface area contributed by atoms with Crippen molar-refractivity contribution >= 4 is 17.7 Å². The third kappa shape index (κ3) is 6.84. The maximum atomic E-state index is 13.5. The van der Waals surface area contributed by atoms with Crippen LogP contribution in [0.3, 0.4) is 0 Å². The summed E-state index contributed by atoms with van der Waals surface area (Å²) in [5, 5.41) is 6.50. The summed E-state index contributed by atoms with van der Waals surface area (Å²) < 4.78 is 33.6. The first-order valence-electron chi connectivity index (χ1n) is 13.5. The predicted molar refractivity (Wildman–Crippen MR) is 149 cm³/mol. The van der Waals surface area contributed by atoms with Crippen molar-refractivity contribution in [3.63, 3.8) is 0 Å². The molecule has 0 saturated carbocycles. The fraction of sp³-hybridized carbons (Fsp3) is 0.400. The number of likely N-dealkylation sites (tertiary alicyclic amines) is 1. The Hall–Kier alpha value is -2.85. The van der Waals surface area contributed by atoms with Crippen LogP contribution in [0.1, 0.15) is 42.1 Å². The number of piperidine rings is 1. The highest BCUT2D eigenvalue weighted by Crippen LogP contribution is 2.37. The van der Waals surface area contributed by atoms with Gasteiger partial charge in [-0.15, -0.1) is 11.8 Å². The van der Waals surface area contributed by atoms with E-state index in [-0.39, 0.29) is 29.7 Å². The molecule has 6 nitrogen and oxygen atoms in total. The topological polar surface area (TPSA) is 66.5 Å². The van der Waals surface area contributed by atoms with Gasteiger partial charge in [-0.25, -0.2) is 8.78 Å². The molecule has 2 aromatic carbocycles. The first-order valence-corrected chi connectivity index (χ1v) is 14.5. The van der Waals surface area contributed by atoms with Crippen molar-refractivity contribution in [3.05, 3.63) is 101 Å². The number of benzene rings is 2. The minimum Gasteiger partial charge on any atom is -0.365 e. The van der Waals surface area contributed by atoms with E-state index in [2.05, 4.69) is 20.5 Å². The molecule has 2 N–H and O–H groups in total. The van der Waals surface area contributed by atoms with Crippen molar-refractivity contribution in [3.8, 4) is 0 Å². The number of carbonyl (C=O) groups excluding carboxylic acids is 1. The van der Waals surface area contributed by atoms with E-state index in [1.165, 1.54) is 24.3 Å². The molecule has 3 heterocycles. The monoisotopic (exact) mass is 552 g/mol. The number of pyridine rings is 1. The second kappa shape index (κ2) is 13.0. The van der Waals surface area contributed by atoms with Crippen molar-refractivity contribution in [1.82, 2.24) is 20.5 Å². The zero-order valence-electron chi connectivity index (χ0n) is 21.8. The number of rotatable bonds is 10. The quantitative estimate of drug-likeness (QED) is 0.358. The van der Waals surface area contributed by atoms with Gasteiger partial charge in [0.05, 0.1) is 6.10 Å². The van der Waals surface area contributed by atoms with E-state index >= 15 is 0 Å². The molecule has 2 saturated heterocycles. The molecule has 1 aromatic heterocycles. The highest BCUT2D eigenvalue weighted by Gasteiger charge is 2.43. The summed E-state index contributed by atoms with van der Waals surface area (Å²) >= 11 is 1.62. The molecule has 2 fully saturated rings. The average molecular weight is 553 g/mol. The highest BCUT2D eigenvalue weighted by atomic mass is 32.2. The van der Waals surface area contributed by atoms with Crippen LogP contribution in [0.4, 0.5) is 8.78 Å². The first kappa shape index (κ1) is 27.7. The molecule has 1 atom stereocenters. The molecule has 1 amide bonds. The summed E-state index contributed by atoms with van der Waals surface area (Å²) in [7, 11) is 0. The van der Waals surface area contributed by atoms with Crippen LogP contribution in [0, 0.1) is 11.6 Å². The zero-order valence-corrected chi connectivity index (χ0v) is 22.6. The van der Waals surface area contributed by atoms with Crippen molar-refractivity contribution in [2.75, 3.05) is 38.5 Å². The van der Waals surface area contributed by atoms with Crippen LogP contribution < -0.4 is 10.6 Å². The van der Waals surface area contributed by atoms with E-state index in [1.54, 1.807) is 48.4 Å². The second-order valence-electron chi connectivity index (χ2n) is 9.97. The van der Waals surface area contributed by atoms with Gasteiger partial charge in [0.2, 0.25) is 0 Å². The van der Waals surface area contributed by atoms with Crippen LogP contribution in [-0.2, 0) is 14.4 Å². The maximum Gasteiger partial charge on any atom is 0.255 e. The van der Waals surface area contributed by atoms with E-state index < -0.39 is 4.87 Å². The van der Waals surface area contributed by atoms with Gasteiger partial charge >= 0.3 is 0 Å². The lowest BCUT2D eigenvalue weighted by molar-refractivity contribution is -0.124. The van der Waals surface area contributed by atoms with Crippen molar-refractivity contribution < 1.29 is 18.3 Å².